The van der Waals surface area contributed by atoms with Gasteiger partial charge in [0.05, 0.1) is 51.0 Å². The van der Waals surface area contributed by atoms with Crippen LogP contribution in [-0.2, 0) is 14.1 Å². The molecular formula is C42H52N6O3PSi. The molecule has 2 fully saturated rings. The van der Waals surface area contributed by atoms with Crippen LogP contribution in [0.5, 0.6) is 0 Å². The van der Waals surface area contributed by atoms with Crippen molar-refractivity contribution in [1.29, 1.82) is 0 Å². The first-order valence-electron chi connectivity index (χ1n) is 19.0. The van der Waals surface area contributed by atoms with Crippen LogP contribution in [0.3, 0.4) is 0 Å². The van der Waals surface area contributed by atoms with Gasteiger partial charge in [-0.15, -0.1) is 0 Å². The van der Waals surface area contributed by atoms with Crippen molar-refractivity contribution >= 4 is 47.8 Å². The topological polar surface area (TPSA) is 107 Å². The number of likely N-dealkylation sites (tertiary alicyclic amines) is 2. The van der Waals surface area contributed by atoms with Gasteiger partial charge in [0.1, 0.15) is 11.6 Å². The molecule has 4 heterocycles. The van der Waals surface area contributed by atoms with Crippen LogP contribution in [-0.4, -0.2) is 76.9 Å². The first kappa shape index (κ1) is 38.7. The second-order valence-electron chi connectivity index (χ2n) is 15.6. The number of amides is 2. The third-order valence-electron chi connectivity index (χ3n) is 11.9. The molecule has 0 spiro atoms. The number of carbonyl (C=O) groups excluding carboxylic acids is 2. The minimum absolute atomic E-state index is 0.0288. The van der Waals surface area contributed by atoms with Crippen LogP contribution in [0.25, 0.3) is 22.3 Å². The number of aromatic amines is 2. The molecule has 2 amide bonds. The van der Waals surface area contributed by atoms with E-state index in [2.05, 4.69) is 92.0 Å². The zero-order valence-corrected chi connectivity index (χ0v) is 34.0. The van der Waals surface area contributed by atoms with Gasteiger partial charge in [-0.25, -0.2) is 9.97 Å². The predicted molar refractivity (Wildman–Crippen MR) is 214 cm³/mol. The summed E-state index contributed by atoms with van der Waals surface area (Å²) in [7, 11) is 4.32. The number of benzene rings is 2. The normalized spacial score (nSPS) is 21.3. The van der Waals surface area contributed by atoms with E-state index in [1.54, 1.807) is 0 Å². The van der Waals surface area contributed by atoms with Crippen LogP contribution in [0.2, 0.25) is 0 Å². The van der Waals surface area contributed by atoms with Crippen molar-refractivity contribution in [1.82, 2.24) is 29.7 Å². The van der Waals surface area contributed by atoms with Crippen LogP contribution < -0.4 is 0 Å². The van der Waals surface area contributed by atoms with Crippen LogP contribution in [0.15, 0.2) is 48.7 Å². The number of nitrogens with one attached hydrogen (secondary N) is 2. The van der Waals surface area contributed by atoms with Gasteiger partial charge >= 0.3 is 0 Å². The molecule has 0 bridgehead atoms. The molecule has 0 saturated carbocycles. The summed E-state index contributed by atoms with van der Waals surface area (Å²) in [6.07, 6.45) is 9.11. The molecule has 6 atom stereocenters. The third-order valence-corrected chi connectivity index (χ3v) is 13.1. The zero-order valence-electron chi connectivity index (χ0n) is 32.1. The van der Waals surface area contributed by atoms with Gasteiger partial charge in [-0.05, 0) is 79.7 Å². The van der Waals surface area contributed by atoms with Gasteiger partial charge in [-0.1, -0.05) is 72.4 Å². The van der Waals surface area contributed by atoms with E-state index in [-0.39, 0.29) is 58.7 Å². The van der Waals surface area contributed by atoms with E-state index in [1.165, 1.54) is 0 Å². The monoisotopic (exact) mass is 747 g/mol. The van der Waals surface area contributed by atoms with E-state index < -0.39 is 0 Å². The van der Waals surface area contributed by atoms with Crippen molar-refractivity contribution < 1.29 is 14.1 Å². The average Bonchev–Trinajstić information content (AvgIpc) is 3.98. The third kappa shape index (κ3) is 7.94. The van der Waals surface area contributed by atoms with Crippen molar-refractivity contribution in [2.45, 2.75) is 92.0 Å². The number of aromatic nitrogens is 4. The Kier molecular flexibility index (Phi) is 11.8. The predicted octanol–water partition coefficient (Wildman–Crippen LogP) is 8.07. The van der Waals surface area contributed by atoms with Gasteiger partial charge in [0.15, 0.2) is 0 Å². The largest absolute Gasteiger partial charge is 0.340 e. The number of hydrogen-bond donors (Lipinski definition) is 2. The SMILES string of the molecule is C=POC([Si])C1CC(c2nc3ccc(C#Cc4ccc(-c5cnc(C6CCCN6C(=O)C(C)(CC)C(C)C)[nH]5)cc4)cc3[nH]2)N(C(=O)C(C)C(C)C)C1. The maximum absolute atomic E-state index is 13.7. The lowest BCUT2D eigenvalue weighted by molar-refractivity contribution is -0.145. The second-order valence-corrected chi connectivity index (χ2v) is 16.7. The molecule has 11 heteroatoms. The maximum atomic E-state index is 13.7. The number of imidazole rings is 2. The van der Waals surface area contributed by atoms with E-state index in [9.17, 15) is 9.59 Å². The number of hydrogen-bond acceptors (Lipinski definition) is 5. The molecule has 4 aromatic rings. The molecule has 2 aromatic carbocycles. The summed E-state index contributed by atoms with van der Waals surface area (Å²) in [5.41, 5.74) is 4.87. The maximum Gasteiger partial charge on any atom is 0.229 e. The molecule has 0 aliphatic carbocycles. The fourth-order valence-corrected chi connectivity index (χ4v) is 8.33. The van der Waals surface area contributed by atoms with Crippen LogP contribution in [0.4, 0.5) is 0 Å². The van der Waals surface area contributed by atoms with Gasteiger partial charge in [-0.2, -0.15) is 0 Å². The number of H-pyrrole nitrogens is 2. The van der Waals surface area contributed by atoms with E-state index >= 15 is 0 Å². The van der Waals surface area contributed by atoms with Crippen LogP contribution in [0.1, 0.15) is 109 Å². The van der Waals surface area contributed by atoms with E-state index in [0.717, 1.165) is 77.3 Å². The van der Waals surface area contributed by atoms with E-state index in [0.29, 0.717) is 15.0 Å². The summed E-state index contributed by atoms with van der Waals surface area (Å²) >= 11 is 0. The van der Waals surface area contributed by atoms with Gasteiger partial charge in [0.25, 0.3) is 0 Å². The van der Waals surface area contributed by atoms with Gasteiger partial charge in [0, 0.05) is 49.9 Å². The Hall–Kier alpha value is -4.03. The second kappa shape index (κ2) is 16.1. The zero-order chi connectivity index (χ0) is 38.0. The Bertz CT molecular complexity index is 2010. The number of rotatable bonds is 11. The van der Waals surface area contributed by atoms with Crippen molar-refractivity contribution in [2.24, 2.45) is 29.1 Å². The molecule has 6 rings (SSSR count). The summed E-state index contributed by atoms with van der Waals surface area (Å²) in [6, 6.07) is 13.9. The fraction of sp³-hybridized carbons (Fsp3) is 0.500. The Morgan fingerprint density at radius 1 is 1.04 bits per heavy atom. The van der Waals surface area contributed by atoms with Gasteiger partial charge < -0.3 is 24.3 Å². The molecule has 6 unspecified atom stereocenters. The molecule has 2 N–H and O–H groups in total. The standard InChI is InChI=1S/C42H52N6O3PSi/c1-9-42(7,26(4)5)41(50)47-20-10-11-35(47)37-43-23-34(46-37)30-17-14-28(15-18-30)12-13-29-16-19-32-33(21-29)45-38(44-32)36-22-31(40(53)51-52-8)24-48(36)39(49)27(6)25(2)3/h14-19,21,23,25-27,31,35-36,40H,8-11,20,22,24H2,1-7H3,(H,43,46)(H,44,45). The van der Waals surface area contributed by atoms with Crippen LogP contribution in [0, 0.1) is 40.9 Å². The molecule has 2 aliphatic heterocycles. The highest BCUT2D eigenvalue weighted by Crippen LogP contribution is 2.41. The smallest absolute Gasteiger partial charge is 0.229 e. The Morgan fingerprint density at radius 2 is 1.75 bits per heavy atom. The van der Waals surface area contributed by atoms with Crippen molar-refractivity contribution in [3.8, 4) is 23.1 Å². The molecule has 2 saturated heterocycles. The lowest BCUT2D eigenvalue weighted by Crippen LogP contribution is -2.44. The van der Waals surface area contributed by atoms with Crippen molar-refractivity contribution in [3.63, 3.8) is 0 Å². The van der Waals surface area contributed by atoms with E-state index in [4.69, 9.17) is 14.5 Å². The van der Waals surface area contributed by atoms with Gasteiger partial charge in [0.2, 0.25) is 11.8 Å². The average molecular weight is 748 g/mol. The molecule has 9 nitrogen and oxygen atoms in total. The molecule has 2 aliphatic rings. The number of fused-ring (bicyclic) bond motifs is 1. The summed E-state index contributed by atoms with van der Waals surface area (Å²) in [5.74, 6) is 9.14. The summed E-state index contributed by atoms with van der Waals surface area (Å²) < 4.78 is 5.74. The first-order chi connectivity index (χ1) is 25.3. The highest BCUT2D eigenvalue weighted by atomic mass is 31.1. The van der Waals surface area contributed by atoms with E-state index in [1.807, 2.05) is 53.3 Å². The van der Waals surface area contributed by atoms with Crippen LogP contribution >= 0.6 is 8.43 Å². The minimum atomic E-state index is -0.379. The Morgan fingerprint density at radius 3 is 2.43 bits per heavy atom. The molecular weight excluding hydrogens is 696 g/mol. The van der Waals surface area contributed by atoms with Crippen molar-refractivity contribution in [3.05, 3.63) is 71.4 Å². The number of nitrogens with zero attached hydrogens (tertiary/aromatic N) is 4. The lowest BCUT2D eigenvalue weighted by Gasteiger charge is -2.37. The Labute approximate surface area is 319 Å². The Balaban J connectivity index is 1.16. The fourth-order valence-electron chi connectivity index (χ4n) is 7.53. The summed E-state index contributed by atoms with van der Waals surface area (Å²) in [5, 5.41) is 0. The lowest BCUT2D eigenvalue weighted by atomic mass is 9.75. The summed E-state index contributed by atoms with van der Waals surface area (Å²) in [4.78, 5) is 48.0. The molecule has 277 valence electrons. The quantitative estimate of drug-likeness (QED) is 0.0917. The first-order valence-corrected chi connectivity index (χ1v) is 20.5. The molecule has 3 radical (unpaired) electrons. The number of carbonyl (C=O) groups is 2. The minimum Gasteiger partial charge on any atom is -0.340 e. The highest BCUT2D eigenvalue weighted by Gasteiger charge is 2.43. The molecule has 53 heavy (non-hydrogen) atoms. The summed E-state index contributed by atoms with van der Waals surface area (Å²) in [6.45, 7) is 16.0. The highest BCUT2D eigenvalue weighted by molar-refractivity contribution is 7.31. The molecule has 2 aromatic heterocycles. The van der Waals surface area contributed by atoms with Crippen molar-refractivity contribution in [2.75, 3.05) is 13.1 Å². The van der Waals surface area contributed by atoms with Gasteiger partial charge in [-0.3, -0.25) is 9.59 Å².